The Morgan fingerprint density at radius 2 is 1.18 bits per heavy atom. The highest BCUT2D eigenvalue weighted by atomic mass is 16.7. The number of aliphatic hydroxyl groups is 10. The molecule has 370 valence electrons. The van der Waals surface area contributed by atoms with E-state index in [4.69, 9.17) is 19.9 Å². The van der Waals surface area contributed by atoms with E-state index in [9.17, 15) is 70.6 Å². The van der Waals surface area contributed by atoms with Crippen LogP contribution in [0.25, 0.3) is 0 Å². The van der Waals surface area contributed by atoms with Crippen molar-refractivity contribution < 1.29 is 84.8 Å². The Balaban J connectivity index is 2.26. The largest absolute Gasteiger partial charge is 0.481 e. The van der Waals surface area contributed by atoms with Gasteiger partial charge in [0, 0.05) is 31.1 Å². The van der Waals surface area contributed by atoms with E-state index >= 15 is 0 Å². The summed E-state index contributed by atoms with van der Waals surface area (Å²) < 4.78 is 17.0. The number of allylic oxidation sites excluding steroid dienone is 10. The number of hydrogen-bond acceptors (Lipinski definition) is 17. The van der Waals surface area contributed by atoms with Gasteiger partial charge in [-0.15, -0.1) is 0 Å². The molecule has 13 N–H and O–H groups in total. The van der Waals surface area contributed by atoms with Crippen molar-refractivity contribution in [2.45, 2.75) is 184 Å². The van der Waals surface area contributed by atoms with Gasteiger partial charge in [0.25, 0.3) is 0 Å². The SMILES string of the molecule is C[C@@H]1[C@H](O)[C@H](C)/C=C/C=C/CC/C=C/C=C/C=C/C=C/[C@H](O[C@@H]2O[C@H](C)[C@@H](O)[C@H](N)[C@@H]2O)C[C@H](O)[C@H](C(=O)O)[C@H](O)CC(=O)C[C@H](O)[C@H](O)CC[C@H](O)C[C@H](O)C[C@H](O)CC(=O)O[C@@H]1C. The standard InChI is InChI=1S/C47H75NO17/c1-27-17-15-13-11-9-7-5-6-8-10-12-14-16-18-35(65-47-45(60)42(48)44(59)30(4)64-47)26-39(56)41(46(61)62)38(55)24-34(52)23-37(54)36(53)20-19-31(49)21-32(50)22-33(51)25-40(57)63-29(3)28(2)43(27)58/h5-6,8,10-18,27-33,35-39,41-45,47,49-51,53-56,58-60H,7,9,19-26,48H2,1-4H3,(H,61,62)/b6-5+,10-8+,13-11+,14-12+,17-15+,18-16+/t27-,28+,29-,30-,31+,32+,33+,35+,36-,37+,38-,39+,41-,42+,43-,44-,45+,47+/m1/s1. The van der Waals surface area contributed by atoms with Gasteiger partial charge in [-0.25, -0.2) is 0 Å². The molecule has 0 bridgehead atoms. The zero-order chi connectivity index (χ0) is 48.8. The summed E-state index contributed by atoms with van der Waals surface area (Å²) in [5.74, 6) is -5.88. The van der Waals surface area contributed by atoms with Gasteiger partial charge in [-0.2, -0.15) is 0 Å². The second-order valence-corrected chi connectivity index (χ2v) is 17.4. The Morgan fingerprint density at radius 1 is 0.615 bits per heavy atom. The third kappa shape index (κ3) is 21.4. The zero-order valence-electron chi connectivity index (χ0n) is 37.8. The molecular formula is C47H75NO17. The summed E-state index contributed by atoms with van der Waals surface area (Å²) in [5.41, 5.74) is 5.96. The predicted octanol–water partition coefficient (Wildman–Crippen LogP) is 0.778. The van der Waals surface area contributed by atoms with Crippen molar-refractivity contribution in [3.05, 3.63) is 72.9 Å². The molecule has 18 nitrogen and oxygen atoms in total. The Kier molecular flexibility index (Phi) is 26.6. The molecule has 2 rings (SSSR count). The van der Waals surface area contributed by atoms with Crippen molar-refractivity contribution in [3.63, 3.8) is 0 Å². The average Bonchev–Trinajstić information content (AvgIpc) is 3.22. The Labute approximate surface area is 381 Å². The third-order valence-electron chi connectivity index (χ3n) is 11.7. The molecule has 0 aromatic rings. The first kappa shape index (κ1) is 57.7. The van der Waals surface area contributed by atoms with E-state index in [1.807, 2.05) is 43.4 Å². The highest BCUT2D eigenvalue weighted by Crippen LogP contribution is 2.26. The molecule has 0 unspecified atom stereocenters. The van der Waals surface area contributed by atoms with Gasteiger partial charge in [-0.3, -0.25) is 14.4 Å². The summed E-state index contributed by atoms with van der Waals surface area (Å²) in [4.78, 5) is 37.8. The quantitative estimate of drug-likeness (QED) is 0.174. The number of carboxylic acids is 1. The summed E-state index contributed by atoms with van der Waals surface area (Å²) >= 11 is 0. The number of aliphatic carboxylic acids is 1. The monoisotopic (exact) mass is 926 g/mol. The zero-order valence-corrected chi connectivity index (χ0v) is 37.8. The number of aliphatic hydroxyl groups excluding tert-OH is 10. The lowest BCUT2D eigenvalue weighted by molar-refractivity contribution is -0.277. The average molecular weight is 926 g/mol. The van der Waals surface area contributed by atoms with Gasteiger partial charge in [0.05, 0.1) is 79.6 Å². The first-order chi connectivity index (χ1) is 30.6. The molecule has 2 aliphatic heterocycles. The molecule has 18 atom stereocenters. The maximum Gasteiger partial charge on any atom is 0.311 e. The summed E-state index contributed by atoms with van der Waals surface area (Å²) in [6.45, 7) is 6.73. The molecule has 1 saturated heterocycles. The molecular weight excluding hydrogens is 851 g/mol. The third-order valence-corrected chi connectivity index (χ3v) is 11.7. The summed E-state index contributed by atoms with van der Waals surface area (Å²) in [7, 11) is 0. The van der Waals surface area contributed by atoms with E-state index in [2.05, 4.69) is 0 Å². The van der Waals surface area contributed by atoms with Gasteiger partial charge < -0.3 is 76.1 Å². The molecule has 0 saturated carbocycles. The number of ether oxygens (including phenoxy) is 3. The molecule has 0 aromatic heterocycles. The molecule has 2 aliphatic rings. The van der Waals surface area contributed by atoms with E-state index in [0.29, 0.717) is 0 Å². The number of carboxylic acid groups (broad SMARTS) is 1. The van der Waals surface area contributed by atoms with Crippen molar-refractivity contribution in [1.82, 2.24) is 0 Å². The highest BCUT2D eigenvalue weighted by Gasteiger charge is 2.43. The van der Waals surface area contributed by atoms with Crippen LogP contribution in [0.5, 0.6) is 0 Å². The van der Waals surface area contributed by atoms with Crippen molar-refractivity contribution in [2.75, 3.05) is 0 Å². The molecule has 0 aromatic carbocycles. The first-order valence-corrected chi connectivity index (χ1v) is 22.4. The molecule has 0 spiro atoms. The van der Waals surface area contributed by atoms with Crippen LogP contribution in [0.15, 0.2) is 72.9 Å². The van der Waals surface area contributed by atoms with E-state index in [1.54, 1.807) is 44.2 Å². The fourth-order valence-electron chi connectivity index (χ4n) is 7.45. The van der Waals surface area contributed by atoms with Crippen LogP contribution in [-0.4, -0.2) is 166 Å². The van der Waals surface area contributed by atoms with Crippen LogP contribution < -0.4 is 5.73 Å². The Hall–Kier alpha value is -3.47. The topological polar surface area (TPSA) is 327 Å². The number of ketones is 1. The van der Waals surface area contributed by atoms with Gasteiger partial charge in [0.2, 0.25) is 0 Å². The normalized spacial score (nSPS) is 42.5. The number of carbonyl (C=O) groups excluding carboxylic acids is 2. The summed E-state index contributed by atoms with van der Waals surface area (Å²) in [5, 5.41) is 116. The van der Waals surface area contributed by atoms with Gasteiger partial charge in [0.1, 0.15) is 23.9 Å². The lowest BCUT2D eigenvalue weighted by Gasteiger charge is -2.41. The second kappa shape index (κ2) is 30.0. The highest BCUT2D eigenvalue weighted by molar-refractivity contribution is 5.81. The fourth-order valence-corrected chi connectivity index (χ4v) is 7.45. The first-order valence-electron chi connectivity index (χ1n) is 22.4. The van der Waals surface area contributed by atoms with Crippen molar-refractivity contribution >= 4 is 17.7 Å². The predicted molar refractivity (Wildman–Crippen MR) is 238 cm³/mol. The van der Waals surface area contributed by atoms with Crippen LogP contribution in [0.1, 0.15) is 91.9 Å². The number of Topliss-reactive ketones (excluding diaryl/α,β-unsaturated/α-hetero) is 1. The number of esters is 1. The minimum atomic E-state index is -1.95. The van der Waals surface area contributed by atoms with Gasteiger partial charge >= 0.3 is 11.9 Å². The van der Waals surface area contributed by atoms with Crippen LogP contribution in [0.4, 0.5) is 0 Å². The molecule has 0 amide bonds. The van der Waals surface area contributed by atoms with Crippen molar-refractivity contribution in [1.29, 1.82) is 0 Å². The van der Waals surface area contributed by atoms with Crippen LogP contribution >= 0.6 is 0 Å². The maximum atomic E-state index is 12.9. The van der Waals surface area contributed by atoms with E-state index in [-0.39, 0.29) is 31.6 Å². The van der Waals surface area contributed by atoms with Crippen LogP contribution in [0, 0.1) is 17.8 Å². The lowest BCUT2D eigenvalue weighted by Crippen LogP contribution is -2.61. The van der Waals surface area contributed by atoms with Crippen LogP contribution in [0.2, 0.25) is 0 Å². The molecule has 2 heterocycles. The van der Waals surface area contributed by atoms with E-state index < -0.39 is 147 Å². The minimum absolute atomic E-state index is 0.144. The maximum absolute atomic E-state index is 12.9. The molecule has 18 heteroatoms. The second-order valence-electron chi connectivity index (χ2n) is 17.4. The van der Waals surface area contributed by atoms with E-state index in [0.717, 1.165) is 12.8 Å². The minimum Gasteiger partial charge on any atom is -0.481 e. The molecule has 65 heavy (non-hydrogen) atoms. The van der Waals surface area contributed by atoms with Crippen LogP contribution in [0.3, 0.4) is 0 Å². The van der Waals surface area contributed by atoms with Gasteiger partial charge in [-0.05, 0) is 52.4 Å². The van der Waals surface area contributed by atoms with Gasteiger partial charge in [0.15, 0.2) is 6.29 Å². The fraction of sp³-hybridized carbons (Fsp3) is 0.681. The lowest BCUT2D eigenvalue weighted by atomic mass is 9.88. The van der Waals surface area contributed by atoms with Gasteiger partial charge in [-0.1, -0.05) is 86.8 Å². The summed E-state index contributed by atoms with van der Waals surface area (Å²) in [6.07, 6.45) is 0.848. The summed E-state index contributed by atoms with van der Waals surface area (Å²) in [6, 6.07) is -1.15. The van der Waals surface area contributed by atoms with Crippen LogP contribution in [-0.2, 0) is 28.6 Å². The van der Waals surface area contributed by atoms with Crippen molar-refractivity contribution in [3.8, 4) is 0 Å². The molecule has 0 aliphatic carbocycles. The number of carbonyl (C=O) groups is 3. The number of cyclic esters (lactones) is 1. The number of nitrogens with two attached hydrogens (primary N) is 1. The molecule has 1 fully saturated rings. The Morgan fingerprint density at radius 3 is 1.83 bits per heavy atom. The smallest absolute Gasteiger partial charge is 0.311 e. The molecule has 0 radical (unpaired) electrons. The van der Waals surface area contributed by atoms with Crippen molar-refractivity contribution in [2.24, 2.45) is 23.5 Å². The van der Waals surface area contributed by atoms with E-state index in [1.165, 1.54) is 13.0 Å². The number of hydrogen-bond donors (Lipinski definition) is 12. The Bertz CT molecular complexity index is 1600. The number of rotatable bonds is 3.